The van der Waals surface area contributed by atoms with Gasteiger partial charge in [-0.25, -0.2) is 4.79 Å². The molecular formula is C10H10N2O4. The van der Waals surface area contributed by atoms with Crippen molar-refractivity contribution in [2.45, 2.75) is 0 Å². The average Bonchev–Trinajstić information content (AvgIpc) is 2.29. The van der Waals surface area contributed by atoms with Crippen molar-refractivity contribution in [3.63, 3.8) is 0 Å². The molecule has 16 heavy (non-hydrogen) atoms. The molecular weight excluding hydrogens is 212 g/mol. The van der Waals surface area contributed by atoms with Crippen LogP contribution in [0.5, 0.6) is 11.5 Å². The monoisotopic (exact) mass is 222 g/mol. The van der Waals surface area contributed by atoms with Crippen LogP contribution in [0.2, 0.25) is 0 Å². The molecule has 6 heteroatoms. The van der Waals surface area contributed by atoms with E-state index in [0.717, 1.165) is 0 Å². The van der Waals surface area contributed by atoms with E-state index < -0.39 is 11.7 Å². The molecule has 0 aliphatic heterocycles. The Morgan fingerprint density at radius 1 is 1.38 bits per heavy atom. The van der Waals surface area contributed by atoms with Gasteiger partial charge in [0, 0.05) is 0 Å². The molecule has 0 fully saturated rings. The Morgan fingerprint density at radius 3 is 2.50 bits per heavy atom. The topological polar surface area (TPSA) is 92.2 Å². The molecule has 0 radical (unpaired) electrons. The second-order valence-electron chi connectivity index (χ2n) is 2.82. The first-order chi connectivity index (χ1) is 7.63. The summed E-state index contributed by atoms with van der Waals surface area (Å²) in [6.45, 7) is 0. The molecule has 1 N–H and O–H groups in total. The number of benzene rings is 1. The van der Waals surface area contributed by atoms with Crippen LogP contribution in [0.3, 0.4) is 0 Å². The lowest BCUT2D eigenvalue weighted by Crippen LogP contribution is -2.16. The molecule has 0 spiro atoms. The molecule has 0 heterocycles. The molecule has 0 atom stereocenters. The molecule has 0 saturated heterocycles. The van der Waals surface area contributed by atoms with Crippen molar-refractivity contribution >= 4 is 11.7 Å². The van der Waals surface area contributed by atoms with Crippen LogP contribution in [0.25, 0.3) is 5.53 Å². The van der Waals surface area contributed by atoms with Crippen molar-refractivity contribution in [1.29, 1.82) is 0 Å². The summed E-state index contributed by atoms with van der Waals surface area (Å²) >= 11 is 0. The molecule has 1 rings (SSSR count). The third kappa shape index (κ3) is 2.18. The van der Waals surface area contributed by atoms with Gasteiger partial charge in [-0.2, -0.15) is 4.79 Å². The highest BCUT2D eigenvalue weighted by Gasteiger charge is 2.26. The van der Waals surface area contributed by atoms with Gasteiger partial charge in [-0.3, -0.25) is 0 Å². The van der Waals surface area contributed by atoms with Crippen LogP contribution in [0.4, 0.5) is 0 Å². The van der Waals surface area contributed by atoms with Gasteiger partial charge in [0.1, 0.15) is 17.1 Å². The number of aliphatic carboxylic acids is 1. The van der Waals surface area contributed by atoms with E-state index in [9.17, 15) is 4.79 Å². The minimum atomic E-state index is -1.35. The summed E-state index contributed by atoms with van der Waals surface area (Å²) in [7, 11) is 2.84. The molecule has 1 aromatic carbocycles. The third-order valence-corrected chi connectivity index (χ3v) is 1.96. The number of rotatable bonds is 4. The number of carbonyl (C=O) groups is 1. The van der Waals surface area contributed by atoms with E-state index >= 15 is 0 Å². The fraction of sp³-hybridized carbons (Fsp3) is 0.200. The fourth-order valence-corrected chi connectivity index (χ4v) is 1.21. The lowest BCUT2D eigenvalue weighted by molar-refractivity contribution is -0.133. The smallest absolute Gasteiger partial charge is 0.420 e. The van der Waals surface area contributed by atoms with Crippen molar-refractivity contribution in [3.8, 4) is 11.5 Å². The van der Waals surface area contributed by atoms with Crippen LogP contribution in [-0.2, 0) is 4.79 Å². The molecule has 84 valence electrons. The van der Waals surface area contributed by atoms with Gasteiger partial charge in [-0.1, -0.05) is 0 Å². The predicted octanol–water partition coefficient (Wildman–Crippen LogP) is 0.807. The highest BCUT2D eigenvalue weighted by atomic mass is 16.5. The Labute approximate surface area is 91.7 Å². The molecule has 0 aliphatic rings. The average molecular weight is 222 g/mol. The van der Waals surface area contributed by atoms with Crippen LogP contribution >= 0.6 is 0 Å². The molecule has 0 unspecified atom stereocenters. The van der Waals surface area contributed by atoms with Crippen molar-refractivity contribution in [2.75, 3.05) is 14.2 Å². The second kappa shape index (κ2) is 4.95. The van der Waals surface area contributed by atoms with Gasteiger partial charge in [0.15, 0.2) is 0 Å². The largest absolute Gasteiger partial charge is 0.497 e. The summed E-state index contributed by atoms with van der Waals surface area (Å²) < 4.78 is 9.91. The highest BCUT2D eigenvalue weighted by Crippen LogP contribution is 2.24. The van der Waals surface area contributed by atoms with Crippen molar-refractivity contribution in [1.82, 2.24) is 0 Å². The van der Waals surface area contributed by atoms with Gasteiger partial charge in [0.05, 0.1) is 14.2 Å². The van der Waals surface area contributed by atoms with Gasteiger partial charge >= 0.3 is 11.7 Å². The van der Waals surface area contributed by atoms with Crippen molar-refractivity contribution in [3.05, 3.63) is 29.3 Å². The van der Waals surface area contributed by atoms with Gasteiger partial charge in [-0.15, -0.1) is 0 Å². The van der Waals surface area contributed by atoms with E-state index in [1.165, 1.54) is 26.4 Å². The highest BCUT2D eigenvalue weighted by molar-refractivity contribution is 6.40. The maximum absolute atomic E-state index is 10.8. The lowest BCUT2D eigenvalue weighted by Gasteiger charge is -2.05. The fourth-order valence-electron chi connectivity index (χ4n) is 1.21. The first-order valence-electron chi connectivity index (χ1n) is 4.31. The van der Waals surface area contributed by atoms with Gasteiger partial charge in [0.2, 0.25) is 0 Å². The zero-order chi connectivity index (χ0) is 12.1. The maximum atomic E-state index is 10.8. The third-order valence-electron chi connectivity index (χ3n) is 1.96. The lowest BCUT2D eigenvalue weighted by atomic mass is 10.1. The molecule has 0 aromatic heterocycles. The molecule has 0 amide bonds. The Balaban J connectivity index is 3.39. The number of hydrogen-bond donors (Lipinski definition) is 1. The second-order valence-corrected chi connectivity index (χ2v) is 2.82. The minimum absolute atomic E-state index is 0.150. The Bertz CT molecular complexity index is 464. The number of carboxylic acid groups (broad SMARTS) is 1. The standard InChI is InChI=1S/C10H10N2O4/c1-15-6-3-4-8(16-2)7(5-6)9(12-11)10(13)14/h3-5H,1-2H3,(H,13,14). The number of carboxylic acids is 1. The molecule has 0 bridgehead atoms. The summed E-state index contributed by atoms with van der Waals surface area (Å²) in [5.74, 6) is -0.622. The zero-order valence-corrected chi connectivity index (χ0v) is 8.80. The first kappa shape index (κ1) is 11.7. The summed E-state index contributed by atoms with van der Waals surface area (Å²) in [4.78, 5) is 13.5. The summed E-state index contributed by atoms with van der Waals surface area (Å²) in [6, 6.07) is 4.56. The molecule has 6 nitrogen and oxygen atoms in total. The van der Waals surface area contributed by atoms with E-state index in [0.29, 0.717) is 5.75 Å². The molecule has 0 saturated carbocycles. The van der Waals surface area contributed by atoms with E-state index in [-0.39, 0.29) is 11.3 Å². The zero-order valence-electron chi connectivity index (χ0n) is 8.80. The van der Waals surface area contributed by atoms with Crippen LogP contribution in [0.1, 0.15) is 5.56 Å². The molecule has 0 aliphatic carbocycles. The predicted molar refractivity (Wildman–Crippen MR) is 54.9 cm³/mol. The van der Waals surface area contributed by atoms with E-state index in [1.54, 1.807) is 6.07 Å². The number of nitrogens with zero attached hydrogens (tertiary/aromatic N) is 2. The summed E-state index contributed by atoms with van der Waals surface area (Å²) in [5.41, 5.74) is 8.29. The van der Waals surface area contributed by atoms with E-state index in [2.05, 4.69) is 4.79 Å². The van der Waals surface area contributed by atoms with Gasteiger partial charge in [-0.05, 0) is 18.2 Å². The molecule has 1 aromatic rings. The summed E-state index contributed by atoms with van der Waals surface area (Å²) in [6.07, 6.45) is 0. The Morgan fingerprint density at radius 2 is 2.06 bits per heavy atom. The number of hydrogen-bond acceptors (Lipinski definition) is 3. The SMILES string of the molecule is COc1ccc(OC)c(C(=[N+]=[N-])C(=O)O)c1. The van der Waals surface area contributed by atoms with Crippen LogP contribution < -0.4 is 9.47 Å². The quantitative estimate of drug-likeness (QED) is 0.463. The Hall–Kier alpha value is -2.33. The summed E-state index contributed by atoms with van der Waals surface area (Å²) in [5, 5.41) is 8.82. The van der Waals surface area contributed by atoms with Gasteiger partial charge < -0.3 is 20.1 Å². The van der Waals surface area contributed by atoms with Crippen LogP contribution in [0.15, 0.2) is 18.2 Å². The first-order valence-corrected chi connectivity index (χ1v) is 4.31. The van der Waals surface area contributed by atoms with Crippen LogP contribution in [-0.4, -0.2) is 35.8 Å². The van der Waals surface area contributed by atoms with E-state index in [1.807, 2.05) is 0 Å². The van der Waals surface area contributed by atoms with Crippen molar-refractivity contribution < 1.29 is 24.2 Å². The maximum Gasteiger partial charge on any atom is 0.420 e. The minimum Gasteiger partial charge on any atom is -0.497 e. The van der Waals surface area contributed by atoms with Crippen molar-refractivity contribution in [2.24, 2.45) is 0 Å². The van der Waals surface area contributed by atoms with E-state index in [4.69, 9.17) is 20.1 Å². The number of methoxy groups -OCH3 is 2. The Kier molecular flexibility index (Phi) is 3.63. The number of ether oxygens (including phenoxy) is 2. The van der Waals surface area contributed by atoms with Gasteiger partial charge in [0.25, 0.3) is 0 Å². The normalized spacial score (nSPS) is 9.12. The van der Waals surface area contributed by atoms with Crippen LogP contribution in [0, 0.1) is 0 Å².